The van der Waals surface area contributed by atoms with Crippen molar-refractivity contribution in [3.63, 3.8) is 0 Å². The molecule has 0 bridgehead atoms. The number of aliphatic carboxylic acids is 1. The lowest BCUT2D eigenvalue weighted by molar-refractivity contribution is -0.142. The van der Waals surface area contributed by atoms with Crippen LogP contribution in [0.1, 0.15) is 18.9 Å². The molecular formula is C17H17NO6S. The predicted octanol–water partition coefficient (Wildman–Crippen LogP) is 2.25. The zero-order valence-electron chi connectivity index (χ0n) is 13.4. The number of carbonyl (C=O) groups is 2. The average Bonchev–Trinajstić information content (AvgIpc) is 2.59. The molecule has 2 aromatic rings. The highest BCUT2D eigenvalue weighted by molar-refractivity contribution is 7.87. The number of anilines is 1. The van der Waals surface area contributed by atoms with E-state index in [0.717, 1.165) is 0 Å². The monoisotopic (exact) mass is 363 g/mol. The van der Waals surface area contributed by atoms with Crippen LogP contribution < -0.4 is 4.90 Å². The van der Waals surface area contributed by atoms with Gasteiger partial charge in [-0.15, -0.1) is 0 Å². The highest BCUT2D eigenvalue weighted by Crippen LogP contribution is 2.38. The molecule has 0 spiro atoms. The van der Waals surface area contributed by atoms with Crippen LogP contribution >= 0.6 is 0 Å². The molecule has 25 heavy (non-hydrogen) atoms. The number of hydrogen-bond acceptors (Lipinski definition) is 4. The molecule has 0 saturated carbocycles. The molecule has 1 amide bonds. The van der Waals surface area contributed by atoms with Gasteiger partial charge in [-0.25, -0.2) is 4.79 Å². The van der Waals surface area contributed by atoms with Gasteiger partial charge in [0.15, 0.2) is 0 Å². The van der Waals surface area contributed by atoms with Gasteiger partial charge < -0.3 is 5.11 Å². The Morgan fingerprint density at radius 1 is 1.00 bits per heavy atom. The lowest BCUT2D eigenvalue weighted by Crippen LogP contribution is -2.59. The van der Waals surface area contributed by atoms with Crippen molar-refractivity contribution in [3.8, 4) is 0 Å². The first-order valence-electron chi connectivity index (χ1n) is 7.40. The lowest BCUT2D eigenvalue weighted by atomic mass is 10.0. The van der Waals surface area contributed by atoms with Gasteiger partial charge in [0.2, 0.25) is 5.91 Å². The van der Waals surface area contributed by atoms with Crippen molar-refractivity contribution in [1.29, 1.82) is 0 Å². The first-order valence-corrected chi connectivity index (χ1v) is 8.84. The zero-order valence-corrected chi connectivity index (χ0v) is 14.2. The van der Waals surface area contributed by atoms with Crippen LogP contribution in [-0.4, -0.2) is 30.0 Å². The van der Waals surface area contributed by atoms with Crippen LogP contribution in [0.25, 0.3) is 0 Å². The molecule has 0 aliphatic carbocycles. The van der Waals surface area contributed by atoms with Gasteiger partial charge in [-0.1, -0.05) is 55.5 Å². The molecule has 2 N–H and O–H groups in total. The molecule has 2 aromatic carbocycles. The summed E-state index contributed by atoms with van der Waals surface area (Å²) in [7, 11) is -5.28. The molecule has 0 aliphatic heterocycles. The Bertz CT molecular complexity index is 867. The smallest absolute Gasteiger partial charge is 0.353 e. The van der Waals surface area contributed by atoms with Gasteiger partial charge in [0, 0.05) is 17.7 Å². The second kappa shape index (κ2) is 7.04. The maximum Gasteiger partial charge on any atom is 0.353 e. The molecule has 0 radical (unpaired) electrons. The third-order valence-electron chi connectivity index (χ3n) is 3.71. The van der Waals surface area contributed by atoms with Crippen molar-refractivity contribution < 1.29 is 27.7 Å². The number of benzene rings is 2. The molecule has 0 fully saturated rings. The van der Waals surface area contributed by atoms with Crippen molar-refractivity contribution in [1.82, 2.24) is 0 Å². The Morgan fingerprint density at radius 3 is 1.88 bits per heavy atom. The third kappa shape index (κ3) is 3.13. The van der Waals surface area contributed by atoms with Crippen molar-refractivity contribution in [2.45, 2.75) is 18.2 Å². The maximum atomic E-state index is 12.6. The number of para-hydroxylation sites is 1. The first-order chi connectivity index (χ1) is 11.8. The van der Waals surface area contributed by atoms with E-state index < -0.39 is 26.9 Å². The molecule has 8 heteroatoms. The Balaban J connectivity index is 2.94. The minimum atomic E-state index is -5.28. The standard InChI is InChI=1S/C17H17NO6S/c1-2-15(19)18(14-11-7-4-8-12-14)17(16(20)21,25(22,23)24)13-9-5-3-6-10-13/h3-12H,2H2,1H3,(H,20,21)(H,22,23,24)/t17-/m1/s1. The highest BCUT2D eigenvalue weighted by Gasteiger charge is 2.59. The Kier molecular flexibility index (Phi) is 5.24. The van der Waals surface area contributed by atoms with Crippen LogP contribution in [0, 0.1) is 0 Å². The topological polar surface area (TPSA) is 112 Å². The molecule has 1 atom stereocenters. The summed E-state index contributed by atoms with van der Waals surface area (Å²) in [6.07, 6.45) is -0.160. The predicted molar refractivity (Wildman–Crippen MR) is 91.5 cm³/mol. The fraction of sp³-hybridized carbons (Fsp3) is 0.176. The molecule has 132 valence electrons. The number of amides is 1. The fourth-order valence-corrected chi connectivity index (χ4v) is 3.72. The summed E-state index contributed by atoms with van der Waals surface area (Å²) in [5.41, 5.74) is -0.214. The van der Waals surface area contributed by atoms with Crippen molar-refractivity contribution in [2.24, 2.45) is 0 Å². The van der Waals surface area contributed by atoms with Crippen LogP contribution in [-0.2, 0) is 24.6 Å². The molecule has 0 saturated heterocycles. The van der Waals surface area contributed by atoms with Gasteiger partial charge in [-0.2, -0.15) is 8.42 Å². The number of hydrogen-bond donors (Lipinski definition) is 2. The molecule has 7 nitrogen and oxygen atoms in total. The minimum absolute atomic E-state index is 0.0400. The van der Waals surface area contributed by atoms with Crippen LogP contribution in [0.2, 0.25) is 0 Å². The van der Waals surface area contributed by atoms with Gasteiger partial charge in [0.05, 0.1) is 0 Å². The quantitative estimate of drug-likeness (QED) is 0.761. The van der Waals surface area contributed by atoms with Crippen LogP contribution in [0.5, 0.6) is 0 Å². The molecule has 0 aromatic heterocycles. The normalized spacial score (nSPS) is 13.7. The minimum Gasteiger partial charge on any atom is -0.478 e. The van der Waals surface area contributed by atoms with Gasteiger partial charge >= 0.3 is 16.1 Å². The molecular weight excluding hydrogens is 346 g/mol. The summed E-state index contributed by atoms with van der Waals surface area (Å²) >= 11 is 0. The second-order valence-electron chi connectivity index (χ2n) is 5.21. The molecule has 2 rings (SSSR count). The number of rotatable bonds is 6. The zero-order chi connectivity index (χ0) is 18.7. The van der Waals surface area contributed by atoms with Crippen LogP contribution in [0.15, 0.2) is 60.7 Å². The van der Waals surface area contributed by atoms with E-state index in [-0.39, 0.29) is 17.7 Å². The highest BCUT2D eigenvalue weighted by atomic mass is 32.2. The van der Waals surface area contributed by atoms with E-state index in [1.54, 1.807) is 12.1 Å². The largest absolute Gasteiger partial charge is 0.478 e. The van der Waals surface area contributed by atoms with Gasteiger partial charge in [-0.3, -0.25) is 14.2 Å². The summed E-state index contributed by atoms with van der Waals surface area (Å²) in [6, 6.07) is 14.4. The van der Waals surface area contributed by atoms with Crippen LogP contribution in [0.3, 0.4) is 0 Å². The molecule has 0 aliphatic rings. The van der Waals surface area contributed by atoms with Crippen molar-refractivity contribution in [3.05, 3.63) is 66.2 Å². The average molecular weight is 363 g/mol. The summed E-state index contributed by atoms with van der Waals surface area (Å²) in [5, 5.41) is 9.86. The molecule has 0 unspecified atom stereocenters. The van der Waals surface area contributed by atoms with E-state index in [0.29, 0.717) is 4.90 Å². The van der Waals surface area contributed by atoms with Gasteiger partial charge in [0.25, 0.3) is 4.87 Å². The Morgan fingerprint density at radius 2 is 1.48 bits per heavy atom. The number of nitrogens with zero attached hydrogens (tertiary/aromatic N) is 1. The first kappa shape index (κ1) is 18.6. The Labute approximate surface area is 145 Å². The van der Waals surface area contributed by atoms with Crippen molar-refractivity contribution in [2.75, 3.05) is 4.90 Å². The summed E-state index contributed by atoms with van der Waals surface area (Å²) < 4.78 is 34.5. The van der Waals surface area contributed by atoms with Gasteiger partial charge in [-0.05, 0) is 12.1 Å². The van der Waals surface area contributed by atoms with E-state index in [4.69, 9.17) is 0 Å². The van der Waals surface area contributed by atoms with E-state index in [1.165, 1.54) is 55.5 Å². The number of carboxylic acids is 1. The van der Waals surface area contributed by atoms with E-state index in [1.807, 2.05) is 0 Å². The van der Waals surface area contributed by atoms with Gasteiger partial charge in [0.1, 0.15) is 0 Å². The SMILES string of the molecule is CCC(=O)N(c1ccccc1)[C@](C(=O)O)(c1ccccc1)S(=O)(=O)O. The summed E-state index contributed by atoms with van der Waals surface area (Å²) in [6.45, 7) is 1.47. The van der Waals surface area contributed by atoms with E-state index >= 15 is 0 Å². The van der Waals surface area contributed by atoms with E-state index in [2.05, 4.69) is 0 Å². The Hall–Kier alpha value is -2.71. The fourth-order valence-electron chi connectivity index (χ4n) is 2.62. The number of carbonyl (C=O) groups excluding carboxylic acids is 1. The van der Waals surface area contributed by atoms with Crippen LogP contribution in [0.4, 0.5) is 5.69 Å². The molecule has 0 heterocycles. The second-order valence-corrected chi connectivity index (χ2v) is 6.75. The summed E-state index contributed by atoms with van der Waals surface area (Å²) in [4.78, 5) is 22.4. The van der Waals surface area contributed by atoms with E-state index in [9.17, 15) is 27.7 Å². The third-order valence-corrected chi connectivity index (χ3v) is 5.05. The summed E-state index contributed by atoms with van der Waals surface area (Å²) in [5.74, 6) is -2.65. The lowest BCUT2D eigenvalue weighted by Gasteiger charge is -2.38. The number of carboxylic acid groups (broad SMARTS) is 1. The van der Waals surface area contributed by atoms with Crippen molar-refractivity contribution >= 4 is 27.7 Å². The maximum absolute atomic E-state index is 12.6.